The summed E-state index contributed by atoms with van der Waals surface area (Å²) in [7, 11) is -2.79. The average molecular weight is 545 g/mol. The summed E-state index contributed by atoms with van der Waals surface area (Å²) >= 11 is 2.77. The fourth-order valence-corrected chi connectivity index (χ4v) is 7.80. The number of carboxylic acid groups (broad SMARTS) is 1. The van der Waals surface area contributed by atoms with Gasteiger partial charge in [-0.05, 0) is 0 Å². The van der Waals surface area contributed by atoms with Crippen molar-refractivity contribution in [2.24, 2.45) is 0 Å². The van der Waals surface area contributed by atoms with Crippen LogP contribution >= 0.6 is 11.3 Å². The van der Waals surface area contributed by atoms with Crippen molar-refractivity contribution < 1.29 is 32.1 Å². The molecule has 2 unspecified atom stereocenters. The van der Waals surface area contributed by atoms with Crippen molar-refractivity contribution in [1.29, 1.82) is 0 Å². The van der Waals surface area contributed by atoms with E-state index in [0.717, 1.165) is 26.9 Å². The van der Waals surface area contributed by atoms with E-state index in [0.29, 0.717) is 4.21 Å². The number of H-pyrrole nitrogens is 1. The van der Waals surface area contributed by atoms with Gasteiger partial charge in [0.15, 0.2) is 0 Å². The number of fused-ring (bicyclic) bond motifs is 1. The number of rotatable bonds is 6. The molecule has 0 aliphatic rings. The summed E-state index contributed by atoms with van der Waals surface area (Å²) in [5, 5.41) is 10.9. The van der Waals surface area contributed by atoms with Gasteiger partial charge in [-0.15, -0.1) is 0 Å². The average Bonchev–Trinajstić information content (AvgIpc) is 3.44. The van der Waals surface area contributed by atoms with E-state index in [4.69, 9.17) is 0 Å². The van der Waals surface area contributed by atoms with Gasteiger partial charge >= 0.3 is 201 Å². The predicted octanol–water partition coefficient (Wildman–Crippen LogP) is 4.50. The van der Waals surface area contributed by atoms with Crippen LogP contribution in [0, 0.1) is 11.8 Å². The van der Waals surface area contributed by atoms with Crippen LogP contribution in [-0.4, -0.2) is 26.3 Å². The molecule has 2 aromatic carbocycles. The summed E-state index contributed by atoms with van der Waals surface area (Å²) in [6.45, 7) is 1.84. The zero-order chi connectivity index (χ0) is 22.7. The second-order valence-corrected chi connectivity index (χ2v) is 13.7. The molecule has 0 spiro atoms. The van der Waals surface area contributed by atoms with E-state index in [9.17, 15) is 14.1 Å². The van der Waals surface area contributed by atoms with Crippen LogP contribution in [0.4, 0.5) is 0 Å². The number of aliphatic carboxylic acids is 1. The Morgan fingerprint density at radius 1 is 1.09 bits per heavy atom. The Balaban J connectivity index is 1.58. The third kappa shape index (κ3) is 4.95. The van der Waals surface area contributed by atoms with Gasteiger partial charge in [-0.1, -0.05) is 0 Å². The van der Waals surface area contributed by atoms with Crippen LogP contribution in [0.5, 0.6) is 0 Å². The van der Waals surface area contributed by atoms with Gasteiger partial charge in [0.05, 0.1) is 0 Å². The molecule has 2 heterocycles. The zero-order valence-corrected chi connectivity index (χ0v) is 20.7. The van der Waals surface area contributed by atoms with Gasteiger partial charge in [-0.25, -0.2) is 0 Å². The minimum absolute atomic E-state index is 0.400. The Kier molecular flexibility index (Phi) is 6.78. The molecule has 8 heteroatoms. The monoisotopic (exact) mass is 546 g/mol. The molecule has 2 aromatic heterocycles. The standard InChI is InChI=1S/C24H20N2O3S2.Mo/c1-16(20-15-25-21-10-6-5-9-19(20)21)23(24(27)28)26-31(29)22-14-13-18(30-22)12-11-17-7-3-2-4-8-17;/h2-10,13-16,23,25-26H,1H3,(H,27,28);/t16?,23-,31?;/m0./s1. The van der Waals surface area contributed by atoms with Crippen molar-refractivity contribution >= 4 is 35.5 Å². The maximum atomic E-state index is 13.5. The van der Waals surface area contributed by atoms with Gasteiger partial charge in [0.25, 0.3) is 0 Å². The van der Waals surface area contributed by atoms with E-state index in [1.54, 1.807) is 6.07 Å². The third-order valence-electron chi connectivity index (χ3n) is 5.11. The van der Waals surface area contributed by atoms with Crippen molar-refractivity contribution in [3.63, 3.8) is 0 Å². The fraction of sp³-hybridized carbons (Fsp3) is 0.125. The molecule has 0 fully saturated rings. The van der Waals surface area contributed by atoms with E-state index in [-0.39, 0.29) is 0 Å². The predicted molar refractivity (Wildman–Crippen MR) is 124 cm³/mol. The zero-order valence-electron chi connectivity index (χ0n) is 17.1. The summed E-state index contributed by atoms with van der Waals surface area (Å²) in [6.07, 6.45) is 1.83. The number of carbonyl (C=O) groups is 1. The summed E-state index contributed by atoms with van der Waals surface area (Å²) in [5.74, 6) is 4.74. The number of hydrogen-bond acceptors (Lipinski definition) is 3. The van der Waals surface area contributed by atoms with E-state index in [1.165, 1.54) is 29.3 Å². The molecule has 0 bridgehead atoms. The van der Waals surface area contributed by atoms with E-state index in [2.05, 4.69) is 21.5 Å². The van der Waals surface area contributed by atoms with Crippen LogP contribution in [0.2, 0.25) is 0 Å². The SMILES string of the molecule is CC(c1c[nH]c2ccccc12)[C@H](N[S](=O)(=[Mo])c1ccc(C#Cc2ccccc2)s1)C(=O)O. The fourth-order valence-electron chi connectivity index (χ4n) is 3.43. The van der Waals surface area contributed by atoms with Crippen LogP contribution in [-0.2, 0) is 30.1 Å². The Labute approximate surface area is 200 Å². The first-order valence-corrected chi connectivity index (χ1v) is 14.6. The number of hydrogen-bond donors (Lipinski definition) is 3. The van der Waals surface area contributed by atoms with Crippen molar-refractivity contribution in [2.75, 3.05) is 0 Å². The molecule has 4 aromatic rings. The molecule has 162 valence electrons. The van der Waals surface area contributed by atoms with Crippen LogP contribution in [0.25, 0.3) is 10.9 Å². The van der Waals surface area contributed by atoms with Crippen molar-refractivity contribution in [3.8, 4) is 11.8 Å². The Morgan fingerprint density at radius 2 is 1.81 bits per heavy atom. The molecule has 0 aliphatic carbocycles. The molecule has 32 heavy (non-hydrogen) atoms. The molecule has 5 nitrogen and oxygen atoms in total. The number of carboxylic acids is 1. The molecule has 0 radical (unpaired) electrons. The van der Waals surface area contributed by atoms with Gasteiger partial charge < -0.3 is 0 Å². The first kappa shape index (κ1) is 22.7. The normalized spacial score (nSPS) is 14.8. The first-order chi connectivity index (χ1) is 15.3. The number of aromatic amines is 1. The van der Waals surface area contributed by atoms with Gasteiger partial charge in [0.2, 0.25) is 0 Å². The molecule has 0 amide bonds. The first-order valence-electron chi connectivity index (χ1n) is 9.83. The Hall–Kier alpha value is -2.49. The summed E-state index contributed by atoms with van der Waals surface area (Å²) in [5.41, 5.74) is 2.71. The van der Waals surface area contributed by atoms with Crippen LogP contribution in [0.3, 0.4) is 0 Å². The maximum absolute atomic E-state index is 13.5. The second-order valence-electron chi connectivity index (χ2n) is 7.25. The number of thiophene rings is 1. The van der Waals surface area contributed by atoms with Crippen molar-refractivity contribution in [3.05, 3.63) is 88.9 Å². The van der Waals surface area contributed by atoms with Gasteiger partial charge in [0, 0.05) is 0 Å². The van der Waals surface area contributed by atoms with Crippen LogP contribution < -0.4 is 4.72 Å². The quantitative estimate of drug-likeness (QED) is 0.247. The van der Waals surface area contributed by atoms with Gasteiger partial charge in [-0.2, -0.15) is 0 Å². The van der Waals surface area contributed by atoms with Crippen LogP contribution in [0.15, 0.2) is 77.1 Å². The molecule has 0 saturated carbocycles. The number of aromatic nitrogens is 1. The summed E-state index contributed by atoms with van der Waals surface area (Å²) < 4.78 is 17.0. The second kappa shape index (κ2) is 9.56. The molecule has 0 aliphatic heterocycles. The van der Waals surface area contributed by atoms with E-state index < -0.39 is 25.2 Å². The summed E-state index contributed by atoms with van der Waals surface area (Å²) in [4.78, 5) is 16.1. The van der Waals surface area contributed by atoms with Gasteiger partial charge in [0.1, 0.15) is 0 Å². The third-order valence-corrected chi connectivity index (χ3v) is 11.0. The van der Waals surface area contributed by atoms with Gasteiger partial charge in [-0.3, -0.25) is 0 Å². The molecule has 4 rings (SSSR count). The van der Waals surface area contributed by atoms with Crippen molar-refractivity contribution in [2.45, 2.75) is 23.1 Å². The van der Waals surface area contributed by atoms with E-state index in [1.807, 2.05) is 73.8 Å². The topological polar surface area (TPSA) is 82.2 Å². The minimum atomic E-state index is -2.79. The number of benzene rings is 2. The molecular formula is C24H20MoN2O3S2. The molecule has 3 N–H and O–H groups in total. The number of nitrogens with one attached hydrogen (secondary N) is 2. The molecule has 3 atom stereocenters. The Morgan fingerprint density at radius 3 is 2.56 bits per heavy atom. The van der Waals surface area contributed by atoms with E-state index >= 15 is 0 Å². The van der Waals surface area contributed by atoms with Crippen molar-refractivity contribution in [1.82, 2.24) is 9.71 Å². The Bertz CT molecular complexity index is 1430. The molecule has 0 saturated heterocycles. The summed E-state index contributed by atoms with van der Waals surface area (Å²) in [6, 6.07) is 19.9. The molecular weight excluding hydrogens is 524 g/mol. The van der Waals surface area contributed by atoms with Crippen LogP contribution in [0.1, 0.15) is 28.8 Å². The number of para-hydroxylation sites is 1.